The van der Waals surface area contributed by atoms with Gasteiger partial charge in [-0.3, -0.25) is 19.1 Å². The van der Waals surface area contributed by atoms with Crippen LogP contribution < -0.4 is 20.1 Å². The molecule has 284 valence electrons. The number of carbonyl (C=O) groups excluding carboxylic acids is 3. The van der Waals surface area contributed by atoms with Crippen molar-refractivity contribution in [3.63, 3.8) is 0 Å². The number of aromatic nitrogens is 1. The molecule has 2 aliphatic carbocycles. The zero-order valence-electron chi connectivity index (χ0n) is 28.7. The van der Waals surface area contributed by atoms with Crippen molar-refractivity contribution in [2.24, 2.45) is 11.3 Å². The Labute approximate surface area is 302 Å². The first kappa shape index (κ1) is 37.0. The lowest BCUT2D eigenvalue weighted by Gasteiger charge is -2.36. The molecule has 6 rings (SSSR count). The minimum atomic E-state index is -4.86. The third-order valence-corrected chi connectivity index (χ3v) is 11.5. The van der Waals surface area contributed by atoms with Gasteiger partial charge in [-0.05, 0) is 60.4 Å². The lowest BCUT2D eigenvalue weighted by Crippen LogP contribution is -2.58. The second-order valence-corrected chi connectivity index (χ2v) is 16.6. The van der Waals surface area contributed by atoms with Crippen molar-refractivity contribution in [2.45, 2.75) is 81.6 Å². The lowest BCUT2D eigenvalue weighted by molar-refractivity contribution is -0.141. The fourth-order valence-electron chi connectivity index (χ4n) is 6.56. The van der Waals surface area contributed by atoms with Gasteiger partial charge in [-0.15, -0.1) is 6.58 Å². The highest BCUT2D eigenvalue weighted by Crippen LogP contribution is 2.46. The quantitative estimate of drug-likeness (QED) is 0.168. The van der Waals surface area contributed by atoms with Crippen LogP contribution in [0.25, 0.3) is 10.8 Å². The number of hydrogen-bond donors (Lipinski definition) is 3. The maximum absolute atomic E-state index is 14.5. The highest BCUT2D eigenvalue weighted by atomic mass is 32.2. The van der Waals surface area contributed by atoms with E-state index in [-0.39, 0.29) is 35.2 Å². The van der Waals surface area contributed by atoms with Gasteiger partial charge in [-0.1, -0.05) is 45.0 Å². The minimum absolute atomic E-state index is 0. The van der Waals surface area contributed by atoms with Crippen molar-refractivity contribution in [1.82, 2.24) is 19.9 Å². The molecule has 3 N–H and O–H groups in total. The molecule has 3 amide bonds. The summed E-state index contributed by atoms with van der Waals surface area (Å²) >= 11 is 0. The number of halogens is 4. The predicted octanol–water partition coefficient (Wildman–Crippen LogP) is 5.68. The molecule has 16 heteroatoms. The predicted molar refractivity (Wildman–Crippen MR) is 190 cm³/mol. The van der Waals surface area contributed by atoms with Gasteiger partial charge in [-0.2, -0.15) is 13.2 Å². The summed E-state index contributed by atoms with van der Waals surface area (Å²) in [5.41, 5.74) is -4.17. The molecule has 3 fully saturated rings. The van der Waals surface area contributed by atoms with Crippen LogP contribution in [0.5, 0.6) is 5.88 Å². The van der Waals surface area contributed by atoms with E-state index in [1.54, 1.807) is 45.2 Å². The highest BCUT2D eigenvalue weighted by Gasteiger charge is 2.62. The molecule has 1 saturated heterocycles. The number of ether oxygens (including phenoxy) is 1. The number of fused-ring (bicyclic) bond motifs is 1. The Morgan fingerprint density at radius 1 is 1.12 bits per heavy atom. The Kier molecular flexibility index (Phi) is 9.51. The summed E-state index contributed by atoms with van der Waals surface area (Å²) in [6, 6.07) is 8.43. The molecule has 0 radical (unpaired) electrons. The van der Waals surface area contributed by atoms with E-state index < -0.39 is 85.6 Å². The summed E-state index contributed by atoms with van der Waals surface area (Å²) in [6.45, 7) is 8.53. The number of nitrogens with one attached hydrogen (secondary N) is 3. The largest absolute Gasteiger partial charge is 0.472 e. The number of rotatable bonds is 11. The number of hydrogen-bond acceptors (Lipinski definition) is 8. The van der Waals surface area contributed by atoms with Crippen molar-refractivity contribution in [2.75, 3.05) is 11.9 Å². The second kappa shape index (κ2) is 13.4. The number of nitrogens with zero attached hydrogens (tertiary/aromatic N) is 2. The van der Waals surface area contributed by atoms with Gasteiger partial charge in [0.25, 0.3) is 5.91 Å². The average Bonchev–Trinajstić information content (AvgIpc) is 3.99. The molecule has 1 aliphatic heterocycles. The first-order valence-corrected chi connectivity index (χ1v) is 18.3. The molecule has 11 nitrogen and oxygen atoms in total. The van der Waals surface area contributed by atoms with Gasteiger partial charge >= 0.3 is 6.18 Å². The Morgan fingerprint density at radius 2 is 1.83 bits per heavy atom. The summed E-state index contributed by atoms with van der Waals surface area (Å²) in [7, 11) is -3.96. The van der Waals surface area contributed by atoms with Crippen LogP contribution in [-0.4, -0.2) is 71.5 Å². The summed E-state index contributed by atoms with van der Waals surface area (Å²) in [5.74, 6) is -3.90. The standard InChI is InChI=1S/C36H39F4N5O6S.3H2/c1-5-21-18-35(21,33(48)44-52(49,50)26-10-11-26)43-30(46)28-17-25(51-31-27-9-7-6-8-20(27)12-13-41-31)19-45(28)32(47)29(34(2,3)4)42-24-15-22(36(38,39)40)14-23(37)16-24;;;/h5-9,12-16,21,25-26,28-29,42H,1,10-11,17-19H2,2-4H3,(H,43,46)(H,44,48);3*1H/t21-,25-,28+,29-,35-;;;/m1.../s1. The molecule has 1 aromatic heterocycles. The van der Waals surface area contributed by atoms with Gasteiger partial charge in [0.05, 0.1) is 17.4 Å². The second-order valence-electron chi connectivity index (χ2n) is 14.7. The normalized spacial score (nSPS) is 23.8. The van der Waals surface area contributed by atoms with Gasteiger partial charge in [-0.25, -0.2) is 17.8 Å². The Bertz CT molecular complexity index is 2040. The van der Waals surface area contributed by atoms with Crippen LogP contribution in [0.4, 0.5) is 23.2 Å². The van der Waals surface area contributed by atoms with Crippen LogP contribution >= 0.6 is 0 Å². The van der Waals surface area contributed by atoms with Crippen LogP contribution in [0.1, 0.15) is 56.3 Å². The number of sulfonamides is 1. The molecule has 5 atom stereocenters. The zero-order valence-corrected chi connectivity index (χ0v) is 29.5. The van der Waals surface area contributed by atoms with Crippen molar-refractivity contribution >= 4 is 44.2 Å². The van der Waals surface area contributed by atoms with Crippen LogP contribution in [0, 0.1) is 17.2 Å². The molecule has 2 heterocycles. The Balaban J connectivity index is 0.00000271. The van der Waals surface area contributed by atoms with Gasteiger partial charge in [0.1, 0.15) is 29.5 Å². The SMILES string of the molecule is C=C[C@@H]1C[C@]1(NC(=O)[C@@H]1C[C@@H](Oc2nccc3ccccc23)CN1C(=O)[C@@H](Nc1cc(F)cc(C(F)(F)F)c1)C(C)(C)C)C(=O)NS(=O)(=O)C1CC1.[HH].[HH].[HH]. The highest BCUT2D eigenvalue weighted by molar-refractivity contribution is 7.91. The number of anilines is 1. The molecular weight excluding hydrogens is 706 g/mol. The van der Waals surface area contributed by atoms with E-state index >= 15 is 0 Å². The number of amides is 3. The van der Waals surface area contributed by atoms with E-state index in [1.165, 1.54) is 11.0 Å². The van der Waals surface area contributed by atoms with Gasteiger partial charge < -0.3 is 20.3 Å². The Hall–Kier alpha value is -4.73. The van der Waals surface area contributed by atoms with E-state index in [1.807, 2.05) is 12.1 Å². The number of benzene rings is 2. The van der Waals surface area contributed by atoms with Gasteiger partial charge in [0, 0.05) is 33.9 Å². The van der Waals surface area contributed by atoms with Gasteiger partial charge in [0.15, 0.2) is 0 Å². The van der Waals surface area contributed by atoms with Crippen molar-refractivity contribution in [3.05, 3.63) is 78.8 Å². The summed E-state index contributed by atoms with van der Waals surface area (Å²) < 4.78 is 88.8. The molecule has 52 heavy (non-hydrogen) atoms. The van der Waals surface area contributed by atoms with Gasteiger partial charge in [0.2, 0.25) is 27.7 Å². The first-order chi connectivity index (χ1) is 24.3. The molecule has 2 aromatic carbocycles. The molecule has 0 bridgehead atoms. The van der Waals surface area contributed by atoms with E-state index in [0.29, 0.717) is 30.4 Å². The van der Waals surface area contributed by atoms with Crippen molar-refractivity contribution in [1.29, 1.82) is 0 Å². The maximum atomic E-state index is 14.5. The number of carbonyl (C=O) groups is 3. The molecule has 2 saturated carbocycles. The fraction of sp³-hybridized carbons (Fsp3) is 0.444. The lowest BCUT2D eigenvalue weighted by atomic mass is 9.85. The number of pyridine rings is 1. The van der Waals surface area contributed by atoms with Crippen molar-refractivity contribution < 1.29 is 49.4 Å². The molecule has 0 unspecified atom stereocenters. The molecule has 3 aliphatic rings. The first-order valence-electron chi connectivity index (χ1n) is 16.8. The average molecular weight is 752 g/mol. The third-order valence-electron chi connectivity index (χ3n) is 9.66. The van der Waals surface area contributed by atoms with E-state index in [2.05, 4.69) is 26.9 Å². The number of alkyl halides is 3. The van der Waals surface area contributed by atoms with Crippen LogP contribution in [0.3, 0.4) is 0 Å². The fourth-order valence-corrected chi connectivity index (χ4v) is 7.92. The van der Waals surface area contributed by atoms with E-state index in [4.69, 9.17) is 4.74 Å². The zero-order chi connectivity index (χ0) is 37.8. The summed E-state index contributed by atoms with van der Waals surface area (Å²) in [5, 5.41) is 6.29. The maximum Gasteiger partial charge on any atom is 0.416 e. The third kappa shape index (κ3) is 7.57. The van der Waals surface area contributed by atoms with E-state index in [0.717, 1.165) is 11.5 Å². The minimum Gasteiger partial charge on any atom is -0.472 e. The van der Waals surface area contributed by atoms with Crippen molar-refractivity contribution in [3.8, 4) is 5.88 Å². The topological polar surface area (TPSA) is 147 Å². The summed E-state index contributed by atoms with van der Waals surface area (Å²) in [4.78, 5) is 47.7. The van der Waals surface area contributed by atoms with Crippen LogP contribution in [0.2, 0.25) is 0 Å². The Morgan fingerprint density at radius 3 is 2.46 bits per heavy atom. The van der Waals surface area contributed by atoms with E-state index in [9.17, 15) is 40.4 Å². The number of likely N-dealkylation sites (tertiary alicyclic amines) is 1. The summed E-state index contributed by atoms with van der Waals surface area (Å²) in [6.07, 6.45) is -1.86. The molecule has 3 aromatic rings. The monoisotopic (exact) mass is 751 g/mol. The smallest absolute Gasteiger partial charge is 0.416 e. The molecular formula is C36H45F4N5O6S. The van der Waals surface area contributed by atoms with Crippen LogP contribution in [-0.2, 0) is 30.6 Å². The van der Waals surface area contributed by atoms with Crippen LogP contribution in [0.15, 0.2) is 67.4 Å². The molecule has 0 spiro atoms.